The van der Waals surface area contributed by atoms with Gasteiger partial charge in [-0.15, -0.1) is 0 Å². The summed E-state index contributed by atoms with van der Waals surface area (Å²) in [5.74, 6) is 2.82. The topological polar surface area (TPSA) is 60.7 Å². The third-order valence-corrected chi connectivity index (χ3v) is 5.89. The molecule has 5 heteroatoms. The van der Waals surface area contributed by atoms with Gasteiger partial charge in [-0.05, 0) is 60.9 Å². The van der Waals surface area contributed by atoms with Gasteiger partial charge in [-0.3, -0.25) is 0 Å². The number of ether oxygens (including phenoxy) is 4. The van der Waals surface area contributed by atoms with E-state index >= 15 is 0 Å². The maximum absolute atomic E-state index is 9.73. The molecule has 0 saturated carbocycles. The molecule has 0 atom stereocenters. The van der Waals surface area contributed by atoms with Gasteiger partial charge in [-0.1, -0.05) is 64.4 Å². The quantitative estimate of drug-likeness (QED) is 0.153. The molecule has 182 valence electrons. The SMILES string of the molecule is CCCCCCCCCCCOc1ccc(C=C(C#N)c2ccc3c(c2)OCO3)cc1OCC. The minimum Gasteiger partial charge on any atom is -0.490 e. The maximum atomic E-state index is 9.73. The number of hydrogen-bond donors (Lipinski definition) is 0. The van der Waals surface area contributed by atoms with E-state index in [1.54, 1.807) is 0 Å². The van der Waals surface area contributed by atoms with Crippen LogP contribution in [0.4, 0.5) is 0 Å². The molecule has 0 fully saturated rings. The highest BCUT2D eigenvalue weighted by Crippen LogP contribution is 2.35. The summed E-state index contributed by atoms with van der Waals surface area (Å²) in [6, 6.07) is 13.6. The molecule has 2 aromatic carbocycles. The van der Waals surface area contributed by atoms with Crippen molar-refractivity contribution in [2.24, 2.45) is 0 Å². The molecule has 3 rings (SSSR count). The van der Waals surface area contributed by atoms with Gasteiger partial charge in [0.25, 0.3) is 0 Å². The van der Waals surface area contributed by atoms with Crippen molar-refractivity contribution in [2.45, 2.75) is 71.6 Å². The predicted molar refractivity (Wildman–Crippen MR) is 136 cm³/mol. The summed E-state index contributed by atoms with van der Waals surface area (Å²) in [5.41, 5.74) is 2.22. The highest BCUT2D eigenvalue weighted by atomic mass is 16.7. The number of hydrogen-bond acceptors (Lipinski definition) is 5. The summed E-state index contributed by atoms with van der Waals surface area (Å²) < 4.78 is 22.7. The summed E-state index contributed by atoms with van der Waals surface area (Å²) in [6.07, 6.45) is 13.4. The van der Waals surface area contributed by atoms with Crippen LogP contribution in [0.2, 0.25) is 0 Å². The monoisotopic (exact) mass is 463 g/mol. The standard InChI is InChI=1S/C29H37NO4/c1-3-5-6-7-8-9-10-11-12-17-32-26-15-13-23(19-28(26)31-4-2)18-25(21-30)24-14-16-27-29(20-24)34-22-33-27/h13-16,18-20H,3-12,17,22H2,1-2H3. The average molecular weight is 464 g/mol. The lowest BCUT2D eigenvalue weighted by atomic mass is 10.0. The lowest BCUT2D eigenvalue weighted by molar-refractivity contribution is 0.174. The van der Waals surface area contributed by atoms with E-state index in [9.17, 15) is 5.26 Å². The van der Waals surface area contributed by atoms with Crippen LogP contribution in [-0.2, 0) is 0 Å². The summed E-state index contributed by atoms with van der Waals surface area (Å²) in [7, 11) is 0. The zero-order chi connectivity index (χ0) is 24.0. The van der Waals surface area contributed by atoms with Gasteiger partial charge in [0, 0.05) is 0 Å². The number of benzene rings is 2. The van der Waals surface area contributed by atoms with Crippen LogP contribution in [0, 0.1) is 11.3 Å². The van der Waals surface area contributed by atoms with Crippen molar-refractivity contribution >= 4 is 11.6 Å². The molecular formula is C29H37NO4. The smallest absolute Gasteiger partial charge is 0.231 e. The minimum absolute atomic E-state index is 0.211. The molecule has 0 aliphatic carbocycles. The highest BCUT2D eigenvalue weighted by molar-refractivity contribution is 5.90. The second-order valence-corrected chi connectivity index (χ2v) is 8.55. The molecular weight excluding hydrogens is 426 g/mol. The minimum atomic E-state index is 0.211. The maximum Gasteiger partial charge on any atom is 0.231 e. The average Bonchev–Trinajstić information content (AvgIpc) is 3.33. The Morgan fingerprint density at radius 2 is 1.59 bits per heavy atom. The Kier molecular flexibility index (Phi) is 10.6. The van der Waals surface area contributed by atoms with Crippen molar-refractivity contribution in [1.82, 2.24) is 0 Å². The van der Waals surface area contributed by atoms with Gasteiger partial charge in [-0.25, -0.2) is 0 Å². The Morgan fingerprint density at radius 1 is 0.853 bits per heavy atom. The van der Waals surface area contributed by atoms with Crippen molar-refractivity contribution in [3.63, 3.8) is 0 Å². The lowest BCUT2D eigenvalue weighted by Crippen LogP contribution is -2.01. The van der Waals surface area contributed by atoms with Crippen LogP contribution in [0.1, 0.15) is 82.8 Å². The van der Waals surface area contributed by atoms with Crippen LogP contribution in [0.25, 0.3) is 11.6 Å². The number of fused-ring (bicyclic) bond motifs is 1. The molecule has 0 N–H and O–H groups in total. The van der Waals surface area contributed by atoms with E-state index < -0.39 is 0 Å². The number of nitriles is 1. The first-order valence-electron chi connectivity index (χ1n) is 12.7. The summed E-state index contributed by atoms with van der Waals surface area (Å²) in [6.45, 7) is 5.66. The van der Waals surface area contributed by atoms with Crippen molar-refractivity contribution in [1.29, 1.82) is 5.26 Å². The van der Waals surface area contributed by atoms with Gasteiger partial charge >= 0.3 is 0 Å². The normalized spacial score (nSPS) is 12.4. The molecule has 2 aromatic rings. The van der Waals surface area contributed by atoms with Gasteiger partial charge in [0.2, 0.25) is 6.79 Å². The first-order valence-corrected chi connectivity index (χ1v) is 12.7. The van der Waals surface area contributed by atoms with Gasteiger partial charge in [-0.2, -0.15) is 5.26 Å². The Hall–Kier alpha value is -3.13. The van der Waals surface area contributed by atoms with Crippen LogP contribution in [0.5, 0.6) is 23.0 Å². The van der Waals surface area contributed by atoms with Crippen LogP contribution in [-0.4, -0.2) is 20.0 Å². The van der Waals surface area contributed by atoms with E-state index in [2.05, 4.69) is 13.0 Å². The molecule has 0 saturated heterocycles. The van der Waals surface area contributed by atoms with Crippen molar-refractivity contribution < 1.29 is 18.9 Å². The molecule has 0 bridgehead atoms. The Morgan fingerprint density at radius 3 is 2.32 bits per heavy atom. The molecule has 1 aliphatic heterocycles. The van der Waals surface area contributed by atoms with Crippen LogP contribution < -0.4 is 18.9 Å². The summed E-state index contributed by atoms with van der Waals surface area (Å²) in [4.78, 5) is 0. The lowest BCUT2D eigenvalue weighted by Gasteiger charge is -2.13. The van der Waals surface area contributed by atoms with Crippen molar-refractivity contribution in [3.05, 3.63) is 47.5 Å². The number of unbranched alkanes of at least 4 members (excludes halogenated alkanes) is 8. The van der Waals surface area contributed by atoms with E-state index in [0.29, 0.717) is 36.0 Å². The van der Waals surface area contributed by atoms with Gasteiger partial charge in [0.05, 0.1) is 24.9 Å². The van der Waals surface area contributed by atoms with E-state index in [1.165, 1.54) is 51.4 Å². The molecule has 0 spiro atoms. The van der Waals surface area contributed by atoms with Crippen molar-refractivity contribution in [2.75, 3.05) is 20.0 Å². The molecule has 5 nitrogen and oxygen atoms in total. The third-order valence-electron chi connectivity index (χ3n) is 5.89. The van der Waals surface area contributed by atoms with E-state index in [4.69, 9.17) is 18.9 Å². The fraction of sp³-hybridized carbons (Fsp3) is 0.483. The van der Waals surface area contributed by atoms with E-state index in [1.807, 2.05) is 49.4 Å². The van der Waals surface area contributed by atoms with Crippen molar-refractivity contribution in [3.8, 4) is 29.1 Å². The van der Waals surface area contributed by atoms with E-state index in [-0.39, 0.29) is 6.79 Å². The Bertz CT molecular complexity index is 977. The molecule has 1 aliphatic rings. The van der Waals surface area contributed by atoms with E-state index in [0.717, 1.165) is 23.3 Å². The Labute approximate surface area is 204 Å². The summed E-state index contributed by atoms with van der Waals surface area (Å²) >= 11 is 0. The first-order chi connectivity index (χ1) is 16.7. The molecule has 0 amide bonds. The number of allylic oxidation sites excluding steroid dienone is 1. The largest absolute Gasteiger partial charge is 0.490 e. The summed E-state index contributed by atoms with van der Waals surface area (Å²) in [5, 5.41) is 9.73. The number of rotatable bonds is 15. The zero-order valence-corrected chi connectivity index (χ0v) is 20.6. The zero-order valence-electron chi connectivity index (χ0n) is 20.6. The predicted octanol–water partition coefficient (Wildman–Crippen LogP) is 7.79. The second-order valence-electron chi connectivity index (χ2n) is 8.55. The second kappa shape index (κ2) is 14.2. The third kappa shape index (κ3) is 7.73. The fourth-order valence-corrected chi connectivity index (χ4v) is 4.01. The van der Waals surface area contributed by atoms with Crippen LogP contribution in [0.15, 0.2) is 36.4 Å². The first kappa shape index (κ1) is 25.5. The van der Waals surface area contributed by atoms with Gasteiger partial charge in [0.15, 0.2) is 23.0 Å². The van der Waals surface area contributed by atoms with Crippen LogP contribution in [0.3, 0.4) is 0 Å². The van der Waals surface area contributed by atoms with Gasteiger partial charge < -0.3 is 18.9 Å². The van der Waals surface area contributed by atoms with Gasteiger partial charge in [0.1, 0.15) is 0 Å². The molecule has 0 radical (unpaired) electrons. The molecule has 0 unspecified atom stereocenters. The molecule has 0 aromatic heterocycles. The van der Waals surface area contributed by atoms with Crippen LogP contribution >= 0.6 is 0 Å². The molecule has 34 heavy (non-hydrogen) atoms. The molecule has 1 heterocycles. The fourth-order valence-electron chi connectivity index (χ4n) is 4.01. The Balaban J connectivity index is 1.54. The highest BCUT2D eigenvalue weighted by Gasteiger charge is 2.15. The number of nitrogens with zero attached hydrogens (tertiary/aromatic N) is 1.